The summed E-state index contributed by atoms with van der Waals surface area (Å²) in [7, 11) is 0. The number of nitrogens with zero attached hydrogens (tertiary/aromatic N) is 1. The van der Waals surface area contributed by atoms with Gasteiger partial charge >= 0.3 is 0 Å². The molecule has 4 heteroatoms. The molecule has 3 rings (SSSR count). The Morgan fingerprint density at radius 1 is 1.18 bits per heavy atom. The molecule has 1 saturated heterocycles. The highest BCUT2D eigenvalue weighted by atomic mass is 19.1. The van der Waals surface area contributed by atoms with E-state index >= 15 is 0 Å². The molecule has 120 valence electrons. The van der Waals surface area contributed by atoms with Crippen molar-refractivity contribution in [3.63, 3.8) is 0 Å². The third-order valence-corrected chi connectivity index (χ3v) is 4.91. The van der Waals surface area contributed by atoms with Crippen molar-refractivity contribution in [1.29, 1.82) is 0 Å². The number of hydrogen-bond donors (Lipinski definition) is 0. The SMILES string of the molecule is O=C(C1CCCC1)N1CCC(CCOc2ccc(F)cc2)C1. The first-order valence-corrected chi connectivity index (χ1v) is 8.39. The minimum Gasteiger partial charge on any atom is -0.494 e. The van der Waals surface area contributed by atoms with Crippen LogP contribution in [0.1, 0.15) is 38.5 Å². The van der Waals surface area contributed by atoms with Crippen molar-refractivity contribution in [2.24, 2.45) is 11.8 Å². The lowest BCUT2D eigenvalue weighted by molar-refractivity contribution is -0.134. The number of carbonyl (C=O) groups excluding carboxylic acids is 1. The van der Waals surface area contributed by atoms with Crippen molar-refractivity contribution in [3.8, 4) is 5.75 Å². The third-order valence-electron chi connectivity index (χ3n) is 4.91. The number of amides is 1. The zero-order valence-electron chi connectivity index (χ0n) is 13.0. The summed E-state index contributed by atoms with van der Waals surface area (Å²) in [5.74, 6) is 1.65. The van der Waals surface area contributed by atoms with Gasteiger partial charge in [0.05, 0.1) is 6.61 Å². The van der Waals surface area contributed by atoms with E-state index < -0.39 is 0 Å². The van der Waals surface area contributed by atoms with E-state index in [1.165, 1.54) is 25.0 Å². The van der Waals surface area contributed by atoms with Crippen molar-refractivity contribution >= 4 is 5.91 Å². The quantitative estimate of drug-likeness (QED) is 0.831. The highest BCUT2D eigenvalue weighted by Gasteiger charge is 2.31. The van der Waals surface area contributed by atoms with Gasteiger partial charge in [0, 0.05) is 19.0 Å². The topological polar surface area (TPSA) is 29.5 Å². The van der Waals surface area contributed by atoms with Crippen molar-refractivity contribution in [3.05, 3.63) is 30.1 Å². The Morgan fingerprint density at radius 2 is 1.91 bits per heavy atom. The fourth-order valence-corrected chi connectivity index (χ4v) is 3.57. The number of hydrogen-bond acceptors (Lipinski definition) is 2. The Morgan fingerprint density at radius 3 is 2.64 bits per heavy atom. The maximum atomic E-state index is 12.8. The molecule has 0 radical (unpaired) electrons. The van der Waals surface area contributed by atoms with E-state index in [1.807, 2.05) is 0 Å². The number of ether oxygens (including phenoxy) is 1. The van der Waals surface area contributed by atoms with Crippen LogP contribution in [0.25, 0.3) is 0 Å². The molecule has 1 aliphatic heterocycles. The molecule has 1 aromatic rings. The second-order valence-electron chi connectivity index (χ2n) is 6.51. The summed E-state index contributed by atoms with van der Waals surface area (Å²) >= 11 is 0. The lowest BCUT2D eigenvalue weighted by Gasteiger charge is -2.20. The van der Waals surface area contributed by atoms with Crippen LogP contribution in [0.15, 0.2) is 24.3 Å². The predicted molar refractivity (Wildman–Crippen MR) is 83.2 cm³/mol. The Kier molecular flexibility index (Phi) is 4.96. The smallest absolute Gasteiger partial charge is 0.225 e. The highest BCUT2D eigenvalue weighted by molar-refractivity contribution is 5.79. The lowest BCUT2D eigenvalue weighted by Crippen LogP contribution is -2.33. The molecule has 2 fully saturated rings. The summed E-state index contributed by atoms with van der Waals surface area (Å²) < 4.78 is 18.5. The van der Waals surface area contributed by atoms with Crippen LogP contribution in [0, 0.1) is 17.7 Å². The molecular weight excluding hydrogens is 281 g/mol. The Balaban J connectivity index is 1.39. The van der Waals surface area contributed by atoms with Gasteiger partial charge in [0.25, 0.3) is 0 Å². The molecule has 22 heavy (non-hydrogen) atoms. The average Bonchev–Trinajstić information content (AvgIpc) is 3.20. The summed E-state index contributed by atoms with van der Waals surface area (Å²) in [5, 5.41) is 0. The van der Waals surface area contributed by atoms with Crippen molar-refractivity contribution in [1.82, 2.24) is 4.90 Å². The molecular formula is C18H24FNO2. The first-order chi connectivity index (χ1) is 10.7. The zero-order chi connectivity index (χ0) is 15.4. The fourth-order valence-electron chi connectivity index (χ4n) is 3.57. The molecule has 0 aromatic heterocycles. The number of carbonyl (C=O) groups is 1. The van der Waals surface area contributed by atoms with Crippen LogP contribution in [0.5, 0.6) is 5.75 Å². The molecule has 1 saturated carbocycles. The second kappa shape index (κ2) is 7.12. The summed E-state index contributed by atoms with van der Waals surface area (Å²) in [6.07, 6.45) is 6.59. The van der Waals surface area contributed by atoms with E-state index in [9.17, 15) is 9.18 Å². The van der Waals surface area contributed by atoms with E-state index in [4.69, 9.17) is 4.74 Å². The average molecular weight is 305 g/mol. The van der Waals surface area contributed by atoms with Gasteiger partial charge in [-0.3, -0.25) is 4.79 Å². The van der Waals surface area contributed by atoms with Crippen LogP contribution < -0.4 is 4.74 Å². The van der Waals surface area contributed by atoms with Crippen LogP contribution in [-0.2, 0) is 4.79 Å². The molecule has 0 bridgehead atoms. The first kappa shape index (κ1) is 15.3. The minimum absolute atomic E-state index is 0.246. The lowest BCUT2D eigenvalue weighted by atomic mass is 10.1. The number of benzene rings is 1. The number of halogens is 1. The van der Waals surface area contributed by atoms with Gasteiger partial charge in [0.1, 0.15) is 11.6 Å². The van der Waals surface area contributed by atoms with Gasteiger partial charge in [0.2, 0.25) is 5.91 Å². The summed E-state index contributed by atoms with van der Waals surface area (Å²) in [4.78, 5) is 14.4. The van der Waals surface area contributed by atoms with Gasteiger partial charge < -0.3 is 9.64 Å². The summed E-state index contributed by atoms with van der Waals surface area (Å²) in [6.45, 7) is 2.40. The molecule has 1 amide bonds. The van der Waals surface area contributed by atoms with Crippen LogP contribution in [-0.4, -0.2) is 30.5 Å². The van der Waals surface area contributed by atoms with E-state index in [0.717, 1.165) is 38.8 Å². The van der Waals surface area contributed by atoms with Crippen LogP contribution in [0.3, 0.4) is 0 Å². The van der Waals surface area contributed by atoms with Crippen molar-refractivity contribution < 1.29 is 13.9 Å². The monoisotopic (exact) mass is 305 g/mol. The van der Waals surface area contributed by atoms with E-state index in [2.05, 4.69) is 4.90 Å². The third kappa shape index (κ3) is 3.79. The Bertz CT molecular complexity index is 496. The molecule has 1 unspecified atom stereocenters. The highest BCUT2D eigenvalue weighted by Crippen LogP contribution is 2.29. The second-order valence-corrected chi connectivity index (χ2v) is 6.51. The minimum atomic E-state index is -0.246. The van der Waals surface area contributed by atoms with Crippen LogP contribution >= 0.6 is 0 Å². The molecule has 1 aliphatic carbocycles. The predicted octanol–water partition coefficient (Wildman–Crippen LogP) is 3.63. The van der Waals surface area contributed by atoms with E-state index in [0.29, 0.717) is 24.2 Å². The zero-order valence-corrected chi connectivity index (χ0v) is 13.0. The fraction of sp³-hybridized carbons (Fsp3) is 0.611. The largest absolute Gasteiger partial charge is 0.494 e. The Labute approximate surface area is 131 Å². The summed E-state index contributed by atoms with van der Waals surface area (Å²) in [5.41, 5.74) is 0. The normalized spacial score (nSPS) is 22.2. The van der Waals surface area contributed by atoms with E-state index in [-0.39, 0.29) is 11.7 Å². The van der Waals surface area contributed by atoms with Crippen molar-refractivity contribution in [2.45, 2.75) is 38.5 Å². The number of rotatable bonds is 5. The molecule has 0 spiro atoms. The molecule has 1 aromatic carbocycles. The van der Waals surface area contributed by atoms with Gasteiger partial charge in [-0.1, -0.05) is 12.8 Å². The Hall–Kier alpha value is -1.58. The van der Waals surface area contributed by atoms with Gasteiger partial charge in [-0.2, -0.15) is 0 Å². The van der Waals surface area contributed by atoms with Gasteiger partial charge in [-0.25, -0.2) is 4.39 Å². The molecule has 1 heterocycles. The molecule has 1 atom stereocenters. The van der Waals surface area contributed by atoms with Crippen molar-refractivity contribution in [2.75, 3.05) is 19.7 Å². The van der Waals surface area contributed by atoms with E-state index in [1.54, 1.807) is 12.1 Å². The molecule has 0 N–H and O–H groups in total. The summed E-state index contributed by atoms with van der Waals surface area (Å²) in [6, 6.07) is 6.12. The molecule has 2 aliphatic rings. The van der Waals surface area contributed by atoms with Crippen LogP contribution in [0.4, 0.5) is 4.39 Å². The maximum Gasteiger partial charge on any atom is 0.225 e. The standard InChI is InChI=1S/C18H24FNO2/c19-16-5-7-17(8-6-16)22-12-10-14-9-11-20(13-14)18(21)15-3-1-2-4-15/h5-8,14-15H,1-4,9-13H2. The maximum absolute atomic E-state index is 12.8. The number of likely N-dealkylation sites (tertiary alicyclic amines) is 1. The van der Waals surface area contributed by atoms with Gasteiger partial charge in [-0.15, -0.1) is 0 Å². The van der Waals surface area contributed by atoms with Gasteiger partial charge in [0.15, 0.2) is 0 Å². The first-order valence-electron chi connectivity index (χ1n) is 8.39. The molecule has 3 nitrogen and oxygen atoms in total. The van der Waals surface area contributed by atoms with Gasteiger partial charge in [-0.05, 0) is 55.9 Å². The van der Waals surface area contributed by atoms with Crippen LogP contribution in [0.2, 0.25) is 0 Å².